The number of fused-ring (bicyclic) bond motifs is 1. The molecule has 2 heterocycles. The van der Waals surface area contributed by atoms with Crippen LogP contribution in [0.3, 0.4) is 0 Å². The molecule has 0 bridgehead atoms. The van der Waals surface area contributed by atoms with E-state index < -0.39 is 29.3 Å². The Kier molecular flexibility index (Phi) is 9.09. The van der Waals surface area contributed by atoms with E-state index in [1.54, 1.807) is 6.20 Å². The van der Waals surface area contributed by atoms with Gasteiger partial charge in [-0.15, -0.1) is 0 Å². The highest BCUT2D eigenvalue weighted by Crippen LogP contribution is 2.40. The molecule has 2 aromatic carbocycles. The van der Waals surface area contributed by atoms with Gasteiger partial charge in [0, 0.05) is 0 Å². The number of primary amides is 1. The number of amides is 3. The van der Waals surface area contributed by atoms with Crippen LogP contribution in [0, 0.1) is 5.92 Å². The van der Waals surface area contributed by atoms with E-state index in [1.807, 2.05) is 67.9 Å². The number of nitrogens with one attached hydrogen (secondary N) is 3. The average molecular weight is 573 g/mol. The highest BCUT2D eigenvalue weighted by molar-refractivity contribution is 6.03. The van der Waals surface area contributed by atoms with E-state index in [9.17, 15) is 14.4 Å². The summed E-state index contributed by atoms with van der Waals surface area (Å²) in [5.41, 5.74) is 7.07. The molecule has 1 aromatic heterocycles. The number of aromatic nitrogens is 2. The first kappa shape index (κ1) is 30.8. The molecular weight excluding hydrogens is 528 g/mol. The number of anilines is 1. The molecule has 9 nitrogen and oxygen atoms in total. The van der Waals surface area contributed by atoms with Crippen LogP contribution in [0.15, 0.2) is 60.8 Å². The van der Waals surface area contributed by atoms with Gasteiger partial charge in [0.15, 0.2) is 0 Å². The van der Waals surface area contributed by atoms with E-state index in [0.717, 1.165) is 24.0 Å². The largest absolute Gasteiger partial charge is 0.368 e. The molecule has 2 unspecified atom stereocenters. The van der Waals surface area contributed by atoms with Crippen molar-refractivity contribution in [3.8, 4) is 0 Å². The number of rotatable bonds is 11. The van der Waals surface area contributed by atoms with Crippen LogP contribution in [-0.2, 0) is 27.1 Å². The Morgan fingerprint density at radius 2 is 1.76 bits per heavy atom. The first-order chi connectivity index (χ1) is 20.0. The number of hydrogen-bond donors (Lipinski definition) is 4. The Labute approximate surface area is 248 Å². The summed E-state index contributed by atoms with van der Waals surface area (Å²) in [6, 6.07) is 16.9. The smallest absolute Gasteiger partial charge is 0.257 e. The Morgan fingerprint density at radius 3 is 2.33 bits per heavy atom. The minimum absolute atomic E-state index is 0.0235. The fourth-order valence-electron chi connectivity index (χ4n) is 5.79. The second-order valence-electron chi connectivity index (χ2n) is 11.9. The lowest BCUT2D eigenvalue weighted by atomic mass is 9.84. The predicted octanol–water partition coefficient (Wildman–Crippen LogP) is 4.79. The van der Waals surface area contributed by atoms with E-state index in [4.69, 9.17) is 5.73 Å². The van der Waals surface area contributed by atoms with Crippen molar-refractivity contribution >= 4 is 23.5 Å². The number of hydrogen-bond acceptors (Lipinski definition) is 5. The summed E-state index contributed by atoms with van der Waals surface area (Å²) in [4.78, 5) is 40.6. The lowest BCUT2D eigenvalue weighted by Crippen LogP contribution is -2.60. The molecule has 3 aromatic rings. The number of carbonyl (C=O) groups excluding carboxylic acids is 3. The number of nitrogens with zero attached hydrogens (tertiary/aromatic N) is 2. The average Bonchev–Trinajstić information content (AvgIpc) is 3.43. The number of benzene rings is 2. The lowest BCUT2D eigenvalue weighted by molar-refractivity contribution is -0.133. The van der Waals surface area contributed by atoms with Crippen molar-refractivity contribution < 1.29 is 14.4 Å². The first-order valence-electron chi connectivity index (χ1n) is 14.9. The molecule has 0 radical (unpaired) electrons. The van der Waals surface area contributed by atoms with E-state index in [0.29, 0.717) is 23.4 Å². The fraction of sp³-hybridized carbons (Fsp3) is 0.455. The Balaban J connectivity index is 1.74. The van der Waals surface area contributed by atoms with E-state index in [-0.39, 0.29) is 23.9 Å². The van der Waals surface area contributed by atoms with Crippen LogP contribution >= 0.6 is 0 Å². The summed E-state index contributed by atoms with van der Waals surface area (Å²) >= 11 is 0. The van der Waals surface area contributed by atoms with Gasteiger partial charge < -0.3 is 21.7 Å². The minimum atomic E-state index is -1.46. The van der Waals surface area contributed by atoms with Gasteiger partial charge in [0.2, 0.25) is 5.91 Å². The van der Waals surface area contributed by atoms with Crippen molar-refractivity contribution in [2.75, 3.05) is 5.32 Å². The maximum atomic E-state index is 14.2. The first-order valence-corrected chi connectivity index (χ1v) is 14.9. The maximum Gasteiger partial charge on any atom is 0.257 e. The molecule has 3 amide bonds. The molecule has 42 heavy (non-hydrogen) atoms. The van der Waals surface area contributed by atoms with Crippen molar-refractivity contribution in [1.82, 2.24) is 20.4 Å². The fourth-order valence-corrected chi connectivity index (χ4v) is 5.79. The number of carbonyl (C=O) groups is 3. The minimum Gasteiger partial charge on any atom is -0.368 e. The summed E-state index contributed by atoms with van der Waals surface area (Å²) in [7, 11) is 0. The highest BCUT2D eigenvalue weighted by atomic mass is 16.2. The summed E-state index contributed by atoms with van der Waals surface area (Å²) in [6.45, 7) is 11.9. The molecule has 4 atom stereocenters. The van der Waals surface area contributed by atoms with E-state index in [1.165, 1.54) is 0 Å². The summed E-state index contributed by atoms with van der Waals surface area (Å²) in [5, 5.41) is 14.1. The maximum absolute atomic E-state index is 14.2. The quantitative estimate of drug-likeness (QED) is 0.262. The third kappa shape index (κ3) is 5.91. The van der Waals surface area contributed by atoms with Gasteiger partial charge in [0.25, 0.3) is 11.8 Å². The molecular formula is C33H44N6O3. The van der Waals surface area contributed by atoms with E-state index in [2.05, 4.69) is 54.0 Å². The Bertz CT molecular complexity index is 1420. The third-order valence-electron chi connectivity index (χ3n) is 8.71. The topological polar surface area (TPSA) is 131 Å². The monoisotopic (exact) mass is 572 g/mol. The second-order valence-corrected chi connectivity index (χ2v) is 11.9. The van der Waals surface area contributed by atoms with Gasteiger partial charge >= 0.3 is 0 Å². The molecule has 5 N–H and O–H groups in total. The Morgan fingerprint density at radius 1 is 1.10 bits per heavy atom. The van der Waals surface area contributed by atoms with Crippen molar-refractivity contribution in [2.24, 2.45) is 11.7 Å². The normalized spacial score (nSPS) is 18.5. The van der Waals surface area contributed by atoms with Crippen molar-refractivity contribution in [3.63, 3.8) is 0 Å². The van der Waals surface area contributed by atoms with Crippen molar-refractivity contribution in [2.45, 2.75) is 90.4 Å². The molecule has 4 rings (SSSR count). The van der Waals surface area contributed by atoms with Crippen LogP contribution in [0.2, 0.25) is 0 Å². The van der Waals surface area contributed by atoms with Crippen LogP contribution in [-0.4, -0.2) is 33.5 Å². The molecule has 0 saturated carbocycles. The van der Waals surface area contributed by atoms with Crippen LogP contribution in [0.1, 0.15) is 93.9 Å². The third-order valence-corrected chi connectivity index (χ3v) is 8.71. The van der Waals surface area contributed by atoms with Crippen molar-refractivity contribution in [3.05, 3.63) is 83.0 Å². The molecule has 9 heteroatoms. The van der Waals surface area contributed by atoms with Crippen LogP contribution < -0.4 is 21.7 Å². The zero-order valence-corrected chi connectivity index (χ0v) is 25.5. The zero-order chi connectivity index (χ0) is 30.7. The molecule has 0 saturated heterocycles. The molecule has 224 valence electrons. The molecule has 0 spiro atoms. The second kappa shape index (κ2) is 12.4. The molecule has 0 aliphatic carbocycles. The number of nitrogens with two attached hydrogens (primary N) is 1. The molecule has 1 aliphatic heterocycles. The van der Waals surface area contributed by atoms with E-state index >= 15 is 0 Å². The summed E-state index contributed by atoms with van der Waals surface area (Å²) in [5.74, 6) is -1.12. The highest BCUT2D eigenvalue weighted by Gasteiger charge is 2.44. The van der Waals surface area contributed by atoms with Gasteiger partial charge in [-0.2, -0.15) is 5.10 Å². The van der Waals surface area contributed by atoms with Gasteiger partial charge in [-0.1, -0.05) is 88.7 Å². The van der Waals surface area contributed by atoms with Crippen LogP contribution in [0.4, 0.5) is 5.82 Å². The molecule has 1 aliphatic rings. The van der Waals surface area contributed by atoms with Crippen molar-refractivity contribution in [1.29, 1.82) is 0 Å². The van der Waals surface area contributed by atoms with Gasteiger partial charge in [-0.05, 0) is 55.7 Å². The predicted molar refractivity (Wildman–Crippen MR) is 165 cm³/mol. The summed E-state index contributed by atoms with van der Waals surface area (Å²) in [6.07, 6.45) is 4.06. The van der Waals surface area contributed by atoms with Gasteiger partial charge in [0.05, 0.1) is 17.8 Å². The van der Waals surface area contributed by atoms with Gasteiger partial charge in [-0.3, -0.25) is 14.4 Å². The van der Waals surface area contributed by atoms with Crippen LogP contribution in [0.5, 0.6) is 0 Å². The summed E-state index contributed by atoms with van der Waals surface area (Å²) < 4.78 is 1.84. The van der Waals surface area contributed by atoms with Gasteiger partial charge in [-0.25, -0.2) is 4.68 Å². The van der Waals surface area contributed by atoms with Crippen LogP contribution in [0.25, 0.3) is 0 Å². The van der Waals surface area contributed by atoms with Gasteiger partial charge in [0.1, 0.15) is 23.0 Å². The lowest BCUT2D eigenvalue weighted by Gasteiger charge is -2.39. The standard InChI is InChI=1S/C33H44N6O3/c1-7-21(4)27(28(34)40)37-31(42)33(9-3,24-17-15-22(8-2)16-18-24)38-30(41)25-20-35-39-29(25)36-26(19-32(39,5)6)23-13-11-10-12-14-23/h10-18,20-21,26-27,36H,7-9,19H2,1-6H3,(H2,34,40)(H,37,42)(H,38,41)/t21-,26?,27-,33?/m0/s1. The SMILES string of the molecule is CCc1ccc(C(CC)(NC(=O)c2cnn3c2NC(c2ccccc2)CC3(C)C)C(=O)N[C@H](C(N)=O)[C@@H](C)CC)cc1. The Hall–Kier alpha value is -4.14. The number of aryl methyl sites for hydroxylation is 1. The zero-order valence-electron chi connectivity index (χ0n) is 25.5. The molecule has 0 fully saturated rings.